The van der Waals surface area contributed by atoms with Crippen molar-refractivity contribution in [2.45, 2.75) is 31.1 Å². The van der Waals surface area contributed by atoms with Crippen LogP contribution in [0.2, 0.25) is 0 Å². The van der Waals surface area contributed by atoms with Crippen LogP contribution in [0, 0.1) is 0 Å². The first-order valence-corrected chi connectivity index (χ1v) is 4.69. The predicted molar refractivity (Wildman–Crippen MR) is 54.0 cm³/mol. The second-order valence-electron chi connectivity index (χ2n) is 2.96. The quantitative estimate of drug-likeness (QED) is 0.688. The Bertz CT molecular complexity index is 238. The molecule has 0 saturated carbocycles. The molecule has 66 valence electrons. The Hall–Kier alpha value is -0.630. The summed E-state index contributed by atoms with van der Waals surface area (Å²) in [6.45, 7) is 2.16. The SMILES string of the molecule is CCCCc1cc(O)cc(S)c1. The zero-order valence-corrected chi connectivity index (χ0v) is 8.14. The summed E-state index contributed by atoms with van der Waals surface area (Å²) in [5.74, 6) is 0.314. The zero-order valence-electron chi connectivity index (χ0n) is 7.25. The summed E-state index contributed by atoms with van der Waals surface area (Å²) >= 11 is 4.19. The smallest absolute Gasteiger partial charge is 0.116 e. The number of rotatable bonds is 3. The molecule has 0 saturated heterocycles. The van der Waals surface area contributed by atoms with Crippen LogP contribution in [-0.2, 0) is 6.42 Å². The minimum absolute atomic E-state index is 0.314. The third-order valence-electron chi connectivity index (χ3n) is 1.78. The molecule has 12 heavy (non-hydrogen) atoms. The summed E-state index contributed by atoms with van der Waals surface area (Å²) in [6.07, 6.45) is 3.37. The van der Waals surface area contributed by atoms with E-state index >= 15 is 0 Å². The minimum Gasteiger partial charge on any atom is -0.508 e. The normalized spacial score (nSPS) is 10.2. The number of thiol groups is 1. The lowest BCUT2D eigenvalue weighted by molar-refractivity contribution is 0.473. The molecule has 1 N–H and O–H groups in total. The molecule has 0 aliphatic carbocycles. The van der Waals surface area contributed by atoms with Gasteiger partial charge in [-0.2, -0.15) is 0 Å². The summed E-state index contributed by atoms with van der Waals surface area (Å²) in [6, 6.07) is 5.45. The highest BCUT2D eigenvalue weighted by Crippen LogP contribution is 2.19. The number of phenols is 1. The second-order valence-corrected chi connectivity index (χ2v) is 3.48. The van der Waals surface area contributed by atoms with E-state index in [9.17, 15) is 5.11 Å². The summed E-state index contributed by atoms with van der Waals surface area (Å²) in [5, 5.41) is 9.24. The Kier molecular flexibility index (Phi) is 3.48. The fourth-order valence-electron chi connectivity index (χ4n) is 1.18. The summed E-state index contributed by atoms with van der Waals surface area (Å²) in [4.78, 5) is 0.834. The fraction of sp³-hybridized carbons (Fsp3) is 0.400. The van der Waals surface area contributed by atoms with Crippen molar-refractivity contribution in [2.24, 2.45) is 0 Å². The fourth-order valence-corrected chi connectivity index (χ4v) is 1.48. The molecule has 0 spiro atoms. The lowest BCUT2D eigenvalue weighted by atomic mass is 10.1. The molecule has 0 bridgehead atoms. The number of aromatic hydroxyl groups is 1. The highest BCUT2D eigenvalue weighted by atomic mass is 32.1. The van der Waals surface area contributed by atoms with Gasteiger partial charge in [0.15, 0.2) is 0 Å². The Balaban J connectivity index is 2.72. The summed E-state index contributed by atoms with van der Waals surface area (Å²) in [5.41, 5.74) is 1.17. The Morgan fingerprint density at radius 2 is 2.08 bits per heavy atom. The molecule has 0 unspecified atom stereocenters. The standard InChI is InChI=1S/C10H14OS/c1-2-3-4-8-5-9(11)7-10(12)6-8/h5-7,11-12H,2-4H2,1H3. The van der Waals surface area contributed by atoms with Crippen LogP contribution in [0.3, 0.4) is 0 Å². The van der Waals surface area contributed by atoms with Gasteiger partial charge in [0.1, 0.15) is 5.75 Å². The van der Waals surface area contributed by atoms with E-state index in [-0.39, 0.29) is 0 Å². The van der Waals surface area contributed by atoms with Crippen molar-refractivity contribution in [3.63, 3.8) is 0 Å². The first kappa shape index (κ1) is 9.46. The maximum absolute atomic E-state index is 9.24. The highest BCUT2D eigenvalue weighted by molar-refractivity contribution is 7.80. The average Bonchev–Trinajstić information content (AvgIpc) is 1.99. The van der Waals surface area contributed by atoms with Crippen LogP contribution in [0.1, 0.15) is 25.3 Å². The summed E-state index contributed by atoms with van der Waals surface area (Å²) in [7, 11) is 0. The zero-order chi connectivity index (χ0) is 8.97. The van der Waals surface area contributed by atoms with Crippen molar-refractivity contribution < 1.29 is 5.11 Å². The van der Waals surface area contributed by atoms with E-state index in [4.69, 9.17) is 0 Å². The van der Waals surface area contributed by atoms with Crippen LogP contribution in [0.5, 0.6) is 5.75 Å². The third kappa shape index (κ3) is 2.78. The minimum atomic E-state index is 0.314. The number of phenolic OH excluding ortho intramolecular Hbond substituents is 1. The van der Waals surface area contributed by atoms with E-state index in [1.807, 2.05) is 6.07 Å². The van der Waals surface area contributed by atoms with Crippen molar-refractivity contribution in [3.05, 3.63) is 23.8 Å². The predicted octanol–water partition coefficient (Wildman–Crippen LogP) is 3.02. The maximum atomic E-state index is 9.24. The van der Waals surface area contributed by atoms with Gasteiger partial charge < -0.3 is 5.11 Å². The monoisotopic (exact) mass is 182 g/mol. The topological polar surface area (TPSA) is 20.2 Å². The number of aryl methyl sites for hydroxylation is 1. The molecular formula is C10H14OS. The molecule has 0 radical (unpaired) electrons. The number of benzene rings is 1. The van der Waals surface area contributed by atoms with Crippen LogP contribution in [0.25, 0.3) is 0 Å². The van der Waals surface area contributed by atoms with Gasteiger partial charge in [-0.3, -0.25) is 0 Å². The van der Waals surface area contributed by atoms with Gasteiger partial charge in [-0.15, -0.1) is 12.6 Å². The van der Waals surface area contributed by atoms with E-state index in [2.05, 4.69) is 19.6 Å². The van der Waals surface area contributed by atoms with Gasteiger partial charge in [-0.25, -0.2) is 0 Å². The van der Waals surface area contributed by atoms with Crippen molar-refractivity contribution in [3.8, 4) is 5.75 Å². The van der Waals surface area contributed by atoms with Gasteiger partial charge in [0, 0.05) is 4.90 Å². The molecule has 0 amide bonds. The molecule has 1 aromatic rings. The summed E-state index contributed by atoms with van der Waals surface area (Å²) < 4.78 is 0. The molecule has 0 fully saturated rings. The Morgan fingerprint density at radius 1 is 1.33 bits per heavy atom. The molecule has 1 aromatic carbocycles. The molecule has 2 heteroatoms. The highest BCUT2D eigenvalue weighted by Gasteiger charge is 1.96. The van der Waals surface area contributed by atoms with E-state index in [1.54, 1.807) is 12.1 Å². The Labute approximate surface area is 78.8 Å². The average molecular weight is 182 g/mol. The van der Waals surface area contributed by atoms with Gasteiger partial charge in [-0.05, 0) is 36.6 Å². The molecule has 0 aromatic heterocycles. The van der Waals surface area contributed by atoms with Crippen LogP contribution < -0.4 is 0 Å². The van der Waals surface area contributed by atoms with Gasteiger partial charge in [-0.1, -0.05) is 13.3 Å². The lowest BCUT2D eigenvalue weighted by Gasteiger charge is -2.01. The Morgan fingerprint density at radius 3 is 2.67 bits per heavy atom. The van der Waals surface area contributed by atoms with Gasteiger partial charge in [0.05, 0.1) is 0 Å². The van der Waals surface area contributed by atoms with Gasteiger partial charge in [0.25, 0.3) is 0 Å². The van der Waals surface area contributed by atoms with E-state index < -0.39 is 0 Å². The number of hydrogen-bond donors (Lipinski definition) is 2. The molecule has 0 heterocycles. The van der Waals surface area contributed by atoms with Crippen LogP contribution in [-0.4, -0.2) is 5.11 Å². The molecule has 0 aliphatic heterocycles. The van der Waals surface area contributed by atoms with Gasteiger partial charge in [0.2, 0.25) is 0 Å². The van der Waals surface area contributed by atoms with Crippen LogP contribution >= 0.6 is 12.6 Å². The molecular weight excluding hydrogens is 168 g/mol. The van der Waals surface area contributed by atoms with E-state index in [0.29, 0.717) is 5.75 Å². The van der Waals surface area contributed by atoms with Crippen molar-refractivity contribution in [1.29, 1.82) is 0 Å². The van der Waals surface area contributed by atoms with Crippen molar-refractivity contribution >= 4 is 12.6 Å². The number of hydrogen-bond acceptors (Lipinski definition) is 2. The third-order valence-corrected chi connectivity index (χ3v) is 2.04. The molecule has 1 rings (SSSR count). The largest absolute Gasteiger partial charge is 0.508 e. The first-order valence-electron chi connectivity index (χ1n) is 4.24. The maximum Gasteiger partial charge on any atom is 0.116 e. The molecule has 1 nitrogen and oxygen atoms in total. The molecule has 0 atom stereocenters. The molecule has 0 aliphatic rings. The van der Waals surface area contributed by atoms with E-state index in [0.717, 1.165) is 17.7 Å². The van der Waals surface area contributed by atoms with Crippen LogP contribution in [0.15, 0.2) is 23.1 Å². The van der Waals surface area contributed by atoms with E-state index in [1.165, 1.54) is 12.0 Å². The van der Waals surface area contributed by atoms with Crippen molar-refractivity contribution in [1.82, 2.24) is 0 Å². The second kappa shape index (κ2) is 4.41. The van der Waals surface area contributed by atoms with Crippen molar-refractivity contribution in [2.75, 3.05) is 0 Å². The van der Waals surface area contributed by atoms with Gasteiger partial charge >= 0.3 is 0 Å². The van der Waals surface area contributed by atoms with Crippen LogP contribution in [0.4, 0.5) is 0 Å². The number of unbranched alkanes of at least 4 members (excludes halogenated alkanes) is 1. The lowest BCUT2D eigenvalue weighted by Crippen LogP contribution is -1.84. The first-order chi connectivity index (χ1) is 5.72.